The highest BCUT2D eigenvalue weighted by molar-refractivity contribution is 4.33. The van der Waals surface area contributed by atoms with Gasteiger partial charge in [-0.1, -0.05) is 5.53 Å². The minimum absolute atomic E-state index is 1.77. The molecule has 1 N–H and O–H groups in total. The van der Waals surface area contributed by atoms with E-state index < -0.39 is 0 Å². The second kappa shape index (κ2) is 6.02. The lowest BCUT2D eigenvalue weighted by molar-refractivity contribution is 0.711. The largest absolute Gasteiger partial charge is 0.167 e. The maximum atomic E-state index is 7.61. The minimum Gasteiger partial charge on any atom is -0.167 e. The van der Waals surface area contributed by atoms with Crippen LogP contribution in [-0.2, 0) is 0 Å². The van der Waals surface area contributed by atoms with Gasteiger partial charge in [0, 0.05) is 5.22 Å². The summed E-state index contributed by atoms with van der Waals surface area (Å²) in [5.74, 6) is 0. The number of rotatable bonds is 3. The monoisotopic (exact) mass is 127 g/mol. The molecule has 0 spiro atoms. The van der Waals surface area contributed by atoms with E-state index in [1.165, 1.54) is 0 Å². The molecule has 0 atom stereocenters. The molecule has 0 rings (SSSR count). The van der Waals surface area contributed by atoms with E-state index in [-0.39, 0.29) is 0 Å². The van der Waals surface area contributed by atoms with Crippen LogP contribution in [0.5, 0.6) is 0 Å². The lowest BCUT2D eigenvalue weighted by Crippen LogP contribution is -1.86. The fourth-order valence-corrected chi connectivity index (χ4v) is 0.0979. The molecule has 0 heterocycles. The quantitative estimate of drug-likeness (QED) is 0.260. The summed E-state index contributed by atoms with van der Waals surface area (Å²) in [7, 11) is 0. The van der Waals surface area contributed by atoms with Crippen LogP contribution < -0.4 is 5.53 Å². The van der Waals surface area contributed by atoms with Gasteiger partial charge in [0.05, 0.1) is 5.22 Å². The molecule has 46 valence electrons. The van der Waals surface area contributed by atoms with Gasteiger partial charge < -0.3 is 0 Å². The minimum atomic E-state index is 1.77. The van der Waals surface area contributed by atoms with Gasteiger partial charge in [-0.05, 0) is 0 Å². The van der Waals surface area contributed by atoms with E-state index in [0.717, 1.165) is 0 Å². The Bertz CT molecular complexity index is 172. The van der Waals surface area contributed by atoms with Crippen molar-refractivity contribution in [3.8, 4) is 0 Å². The van der Waals surface area contributed by atoms with Crippen molar-refractivity contribution in [1.29, 1.82) is 0 Å². The highest BCUT2D eigenvalue weighted by Crippen LogP contribution is 1.72. The average molecular weight is 127 g/mol. The van der Waals surface area contributed by atoms with E-state index in [2.05, 4.69) is 30.7 Å². The number of nitrogens with zero attached hydrogens (tertiary/aromatic N) is 8. The van der Waals surface area contributed by atoms with Gasteiger partial charge in [-0.2, -0.15) is 9.82 Å². The van der Waals surface area contributed by atoms with Gasteiger partial charge in [-0.15, -0.1) is 11.1 Å². The summed E-state index contributed by atoms with van der Waals surface area (Å²) in [6.45, 7) is 0. The summed E-state index contributed by atoms with van der Waals surface area (Å²) in [4.78, 5) is 4.48. The van der Waals surface area contributed by atoms with Gasteiger partial charge in [0.1, 0.15) is 5.22 Å². The van der Waals surface area contributed by atoms with Crippen molar-refractivity contribution in [1.82, 2.24) is 5.53 Å². The van der Waals surface area contributed by atoms with Gasteiger partial charge in [0.25, 0.3) is 0 Å². The second-order valence-corrected chi connectivity index (χ2v) is 0.658. The van der Waals surface area contributed by atoms with Gasteiger partial charge in [0.15, 0.2) is 5.22 Å². The molecule has 0 saturated heterocycles. The van der Waals surface area contributed by atoms with Crippen molar-refractivity contribution >= 4 is 0 Å². The maximum Gasteiger partial charge on any atom is 0.150 e. The molecular weight excluding hydrogens is 126 g/mol. The van der Waals surface area contributed by atoms with Crippen molar-refractivity contribution in [2.45, 2.75) is 0 Å². The van der Waals surface area contributed by atoms with Gasteiger partial charge >= 0.3 is 0 Å². The number of nitrogens with one attached hydrogen (secondary N) is 1. The summed E-state index contributed by atoms with van der Waals surface area (Å²) in [5, 5.41) is 11.0. The number of azide groups is 2. The second-order valence-electron chi connectivity index (χ2n) is 0.658. The van der Waals surface area contributed by atoms with Crippen molar-refractivity contribution in [2.24, 2.45) is 20.9 Å². The first-order valence-electron chi connectivity index (χ1n) is 1.65. The molecule has 0 saturated carbocycles. The van der Waals surface area contributed by atoms with Crippen molar-refractivity contribution in [2.75, 3.05) is 0 Å². The third kappa shape index (κ3) is 6.02. The molecule has 0 amide bonds. The lowest BCUT2D eigenvalue weighted by atomic mass is 12.3. The van der Waals surface area contributed by atoms with Crippen LogP contribution in [-0.4, -0.2) is 0 Å². The molecule has 0 aliphatic heterocycles. The molecular formula is HN9. The van der Waals surface area contributed by atoms with Crippen molar-refractivity contribution in [3.05, 3.63) is 20.9 Å². The summed E-state index contributed by atoms with van der Waals surface area (Å²) in [5.41, 5.74) is 17.0. The standard InChI is InChI=1S/HN9/c1-3-5-7-9-8-6-4-2/h(H,7,8). The zero-order valence-corrected chi connectivity index (χ0v) is 4.08. The number of hydrogen-bond donors (Lipinski definition) is 1. The van der Waals surface area contributed by atoms with Crippen LogP contribution in [0.4, 0.5) is 0 Å². The zero-order chi connectivity index (χ0) is 6.95. The normalized spacial score (nSPS) is 7.56. The summed E-state index contributed by atoms with van der Waals surface area (Å²) < 4.78 is 0. The van der Waals surface area contributed by atoms with Crippen LogP contribution in [0.25, 0.3) is 20.9 Å². The van der Waals surface area contributed by atoms with Crippen molar-refractivity contribution < 1.29 is 0 Å². The Balaban J connectivity index is 3.47. The van der Waals surface area contributed by atoms with E-state index in [1.54, 1.807) is 5.53 Å². The SMILES string of the molecule is [N-]=[N+]=NN=NNN=[N+]=[N-]. The summed E-state index contributed by atoms with van der Waals surface area (Å²) in [6, 6.07) is 0. The fourth-order valence-electron chi connectivity index (χ4n) is 0.0979. The molecule has 9 heteroatoms. The number of hydrogen-bond acceptors (Lipinski definition) is 2. The predicted molar refractivity (Wildman–Crippen MR) is 26.3 cm³/mol. The predicted octanol–water partition coefficient (Wildman–Crippen LogP) is 1.39. The van der Waals surface area contributed by atoms with E-state index in [4.69, 9.17) is 11.1 Å². The van der Waals surface area contributed by atoms with Gasteiger partial charge in [-0.25, -0.2) is 0 Å². The van der Waals surface area contributed by atoms with E-state index in [0.29, 0.717) is 0 Å². The Hall–Kier alpha value is -1.98. The summed E-state index contributed by atoms with van der Waals surface area (Å²) in [6.07, 6.45) is 0. The highest BCUT2D eigenvalue weighted by Gasteiger charge is 1.71. The Morgan fingerprint density at radius 3 is 2.56 bits per heavy atom. The topological polar surface area (TPSA) is 134 Å². The lowest BCUT2D eigenvalue weighted by Gasteiger charge is -1.66. The fraction of sp³-hybridized carbons (Fsp3) is 0. The average Bonchev–Trinajstić information content (AvgIpc) is 1.89. The van der Waals surface area contributed by atoms with E-state index in [1.807, 2.05) is 0 Å². The van der Waals surface area contributed by atoms with Crippen LogP contribution in [0.15, 0.2) is 20.9 Å². The summed E-state index contributed by atoms with van der Waals surface area (Å²) >= 11 is 0. The molecule has 0 aromatic carbocycles. The first-order valence-corrected chi connectivity index (χ1v) is 1.65. The first-order chi connectivity index (χ1) is 4.41. The molecule has 0 aromatic rings. The van der Waals surface area contributed by atoms with Gasteiger partial charge in [-0.3, -0.25) is 0 Å². The van der Waals surface area contributed by atoms with Crippen LogP contribution in [0.2, 0.25) is 0 Å². The molecule has 0 fully saturated rings. The molecule has 0 unspecified atom stereocenters. The van der Waals surface area contributed by atoms with Crippen LogP contribution in [0, 0.1) is 0 Å². The molecule has 0 radical (unpaired) electrons. The zero-order valence-electron chi connectivity index (χ0n) is 4.08. The first kappa shape index (κ1) is 7.02. The molecule has 0 aromatic heterocycles. The van der Waals surface area contributed by atoms with Gasteiger partial charge in [0.2, 0.25) is 0 Å². The van der Waals surface area contributed by atoms with E-state index >= 15 is 0 Å². The third-order valence-corrected chi connectivity index (χ3v) is 0.259. The molecule has 9 heavy (non-hydrogen) atoms. The Labute approximate surface area is 48.5 Å². The molecule has 0 bridgehead atoms. The molecule has 0 aliphatic rings. The van der Waals surface area contributed by atoms with Crippen LogP contribution in [0.1, 0.15) is 0 Å². The maximum absolute atomic E-state index is 7.61. The van der Waals surface area contributed by atoms with Crippen molar-refractivity contribution in [3.63, 3.8) is 0 Å². The van der Waals surface area contributed by atoms with E-state index in [9.17, 15) is 0 Å². The Kier molecular flexibility index (Phi) is 4.70. The molecule has 0 aliphatic carbocycles. The molecule has 9 nitrogen and oxygen atoms in total. The van der Waals surface area contributed by atoms with Crippen LogP contribution >= 0.6 is 0 Å². The van der Waals surface area contributed by atoms with Crippen LogP contribution in [0.3, 0.4) is 0 Å². The highest BCUT2D eigenvalue weighted by atomic mass is 15.7. The smallest absolute Gasteiger partial charge is 0.150 e. The third-order valence-electron chi connectivity index (χ3n) is 0.259. The Morgan fingerprint density at radius 2 is 2.00 bits per heavy atom. The Morgan fingerprint density at radius 1 is 1.22 bits per heavy atom.